The Hall–Kier alpha value is -1.88. The number of carbonyl (C=O) groups excluding carboxylic acids is 1. The molecule has 100 valence electrons. The van der Waals surface area contributed by atoms with Crippen molar-refractivity contribution in [3.63, 3.8) is 0 Å². The molecule has 2 aliphatic rings. The normalized spacial score (nSPS) is 24.3. The van der Waals surface area contributed by atoms with E-state index in [0.717, 1.165) is 12.8 Å². The van der Waals surface area contributed by atoms with E-state index < -0.39 is 18.0 Å². The van der Waals surface area contributed by atoms with E-state index in [0.29, 0.717) is 18.5 Å². The maximum absolute atomic E-state index is 11.9. The van der Waals surface area contributed by atoms with Gasteiger partial charge in [0.05, 0.1) is 5.56 Å². The van der Waals surface area contributed by atoms with Crippen LogP contribution in [-0.2, 0) is 9.63 Å². The van der Waals surface area contributed by atoms with Crippen LogP contribution in [0.25, 0.3) is 0 Å². The molecule has 1 saturated carbocycles. The van der Waals surface area contributed by atoms with Crippen LogP contribution in [0.5, 0.6) is 0 Å². The first-order valence-electron chi connectivity index (χ1n) is 6.36. The molecule has 0 amide bonds. The fraction of sp³-hybridized carbons (Fsp3) is 0.429. The van der Waals surface area contributed by atoms with Gasteiger partial charge in [-0.25, -0.2) is 4.79 Å². The summed E-state index contributed by atoms with van der Waals surface area (Å²) >= 11 is 0. The third-order valence-electron chi connectivity index (χ3n) is 3.92. The Labute approximate surface area is 110 Å². The first-order chi connectivity index (χ1) is 9.10. The first-order valence-corrected chi connectivity index (χ1v) is 6.36. The van der Waals surface area contributed by atoms with Crippen molar-refractivity contribution < 1.29 is 19.5 Å². The van der Waals surface area contributed by atoms with E-state index >= 15 is 0 Å². The van der Waals surface area contributed by atoms with Gasteiger partial charge in [0.2, 0.25) is 0 Å². The lowest BCUT2D eigenvalue weighted by Gasteiger charge is -2.19. The average Bonchev–Trinajstić information content (AvgIpc) is 3.05. The van der Waals surface area contributed by atoms with E-state index in [1.807, 2.05) is 6.07 Å². The number of hydrogen-bond donors (Lipinski definition) is 1. The van der Waals surface area contributed by atoms with Crippen LogP contribution in [0.2, 0.25) is 0 Å². The highest BCUT2D eigenvalue weighted by Crippen LogP contribution is 2.54. The van der Waals surface area contributed by atoms with Crippen LogP contribution >= 0.6 is 0 Å². The second-order valence-corrected chi connectivity index (χ2v) is 5.38. The zero-order valence-corrected chi connectivity index (χ0v) is 10.4. The van der Waals surface area contributed by atoms with Crippen molar-refractivity contribution in [3.8, 4) is 0 Å². The van der Waals surface area contributed by atoms with Crippen molar-refractivity contribution in [1.29, 1.82) is 0 Å². The highest BCUT2D eigenvalue weighted by atomic mass is 16.7. The lowest BCUT2D eigenvalue weighted by molar-refractivity contribution is -0.163. The fourth-order valence-corrected chi connectivity index (χ4v) is 2.60. The Morgan fingerprint density at radius 2 is 1.95 bits per heavy atom. The van der Waals surface area contributed by atoms with Gasteiger partial charge < -0.3 is 9.94 Å². The van der Waals surface area contributed by atoms with Crippen LogP contribution in [0.4, 0.5) is 0 Å². The van der Waals surface area contributed by atoms with Crippen molar-refractivity contribution in [2.24, 2.45) is 5.41 Å². The summed E-state index contributed by atoms with van der Waals surface area (Å²) in [5.41, 5.74) is 0.503. The average molecular weight is 261 g/mol. The molecule has 1 heterocycles. The second kappa shape index (κ2) is 4.35. The quantitative estimate of drug-likeness (QED) is 0.897. The summed E-state index contributed by atoms with van der Waals surface area (Å²) in [4.78, 5) is 28.4. The maximum Gasteiger partial charge on any atom is 0.357 e. The van der Waals surface area contributed by atoms with E-state index in [1.165, 1.54) is 5.06 Å². The van der Waals surface area contributed by atoms with Gasteiger partial charge in [0.15, 0.2) is 0 Å². The van der Waals surface area contributed by atoms with Crippen molar-refractivity contribution in [1.82, 2.24) is 5.06 Å². The lowest BCUT2D eigenvalue weighted by Crippen LogP contribution is -2.37. The molecule has 1 atom stereocenters. The molecular formula is C14H15NO4. The highest BCUT2D eigenvalue weighted by molar-refractivity contribution is 5.89. The standard InChI is InChI=1S/C14H15NO4/c16-12(17)11-8-14(6-7-14)9-15(11)19-13(18)10-4-2-1-3-5-10/h1-5,11H,6-9H2,(H,16,17)/t11-/m0/s1. The number of hydrogen-bond acceptors (Lipinski definition) is 4. The van der Waals surface area contributed by atoms with E-state index in [1.54, 1.807) is 24.3 Å². The van der Waals surface area contributed by atoms with Crippen LogP contribution in [0.3, 0.4) is 0 Å². The fourth-order valence-electron chi connectivity index (χ4n) is 2.60. The molecule has 5 heteroatoms. The molecule has 1 aromatic rings. The van der Waals surface area contributed by atoms with Gasteiger partial charge in [-0.3, -0.25) is 4.79 Å². The minimum Gasteiger partial charge on any atom is -0.480 e. The zero-order valence-electron chi connectivity index (χ0n) is 10.4. The van der Waals surface area contributed by atoms with Crippen molar-refractivity contribution in [2.75, 3.05) is 6.54 Å². The monoisotopic (exact) mass is 261 g/mol. The summed E-state index contributed by atoms with van der Waals surface area (Å²) in [6.45, 7) is 0.530. The van der Waals surface area contributed by atoms with Crippen LogP contribution in [-0.4, -0.2) is 34.7 Å². The molecule has 1 aliphatic heterocycles. The molecule has 1 N–H and O–H groups in total. The number of benzene rings is 1. The van der Waals surface area contributed by atoms with Crippen molar-refractivity contribution >= 4 is 11.9 Å². The molecule has 0 unspecified atom stereocenters. The highest BCUT2D eigenvalue weighted by Gasteiger charge is 2.55. The number of carboxylic acid groups (broad SMARTS) is 1. The Morgan fingerprint density at radius 3 is 2.53 bits per heavy atom. The molecular weight excluding hydrogens is 246 g/mol. The summed E-state index contributed by atoms with van der Waals surface area (Å²) < 4.78 is 0. The van der Waals surface area contributed by atoms with Gasteiger partial charge in [0.1, 0.15) is 6.04 Å². The molecule has 19 heavy (non-hydrogen) atoms. The molecule has 0 bridgehead atoms. The molecule has 1 aliphatic carbocycles. The van der Waals surface area contributed by atoms with Crippen LogP contribution in [0, 0.1) is 5.41 Å². The summed E-state index contributed by atoms with van der Waals surface area (Å²) in [6, 6.07) is 7.90. The summed E-state index contributed by atoms with van der Waals surface area (Å²) in [7, 11) is 0. The molecule has 2 fully saturated rings. The predicted molar refractivity (Wildman–Crippen MR) is 66.3 cm³/mol. The van der Waals surface area contributed by atoms with Gasteiger partial charge in [0.25, 0.3) is 0 Å². The molecule has 0 radical (unpaired) electrons. The number of aliphatic carboxylic acids is 1. The van der Waals surface area contributed by atoms with E-state index in [4.69, 9.17) is 4.84 Å². The first kappa shape index (κ1) is 12.2. The van der Waals surface area contributed by atoms with Crippen LogP contribution in [0.1, 0.15) is 29.6 Å². The summed E-state index contributed by atoms with van der Waals surface area (Å²) in [5.74, 6) is -1.42. The van der Waals surface area contributed by atoms with Crippen molar-refractivity contribution in [2.45, 2.75) is 25.3 Å². The molecule has 1 saturated heterocycles. The largest absolute Gasteiger partial charge is 0.480 e. The van der Waals surface area contributed by atoms with Gasteiger partial charge in [-0.1, -0.05) is 18.2 Å². The number of carbonyl (C=O) groups is 2. The zero-order chi connectivity index (χ0) is 13.5. The van der Waals surface area contributed by atoms with Gasteiger partial charge >= 0.3 is 11.9 Å². The Balaban J connectivity index is 1.71. The maximum atomic E-state index is 11.9. The van der Waals surface area contributed by atoms with Crippen LogP contribution < -0.4 is 0 Å². The van der Waals surface area contributed by atoms with Crippen molar-refractivity contribution in [3.05, 3.63) is 35.9 Å². The molecule has 3 rings (SSSR count). The number of hydroxylamine groups is 2. The summed E-state index contributed by atoms with van der Waals surface area (Å²) in [5, 5.41) is 10.5. The number of rotatable bonds is 3. The smallest absolute Gasteiger partial charge is 0.357 e. The third kappa shape index (κ3) is 2.33. The SMILES string of the molecule is O=C(ON1CC2(CC2)C[C@H]1C(=O)O)c1ccccc1. The molecule has 1 spiro atoms. The Bertz CT molecular complexity index is 509. The second-order valence-electron chi connectivity index (χ2n) is 5.38. The topological polar surface area (TPSA) is 66.8 Å². The predicted octanol–water partition coefficient (Wildman–Crippen LogP) is 1.70. The van der Waals surface area contributed by atoms with E-state index in [2.05, 4.69) is 0 Å². The lowest BCUT2D eigenvalue weighted by atomic mass is 10.0. The van der Waals surface area contributed by atoms with Gasteiger partial charge in [-0.2, -0.15) is 0 Å². The molecule has 1 aromatic carbocycles. The van der Waals surface area contributed by atoms with Gasteiger partial charge in [-0.05, 0) is 36.8 Å². The van der Waals surface area contributed by atoms with Gasteiger partial charge in [-0.15, -0.1) is 5.06 Å². The minimum absolute atomic E-state index is 0.0695. The van der Waals surface area contributed by atoms with E-state index in [-0.39, 0.29) is 5.41 Å². The molecule has 5 nitrogen and oxygen atoms in total. The number of carboxylic acids is 1. The Kier molecular flexibility index (Phi) is 2.78. The number of nitrogens with zero attached hydrogens (tertiary/aromatic N) is 1. The van der Waals surface area contributed by atoms with Gasteiger partial charge in [0, 0.05) is 6.54 Å². The Morgan fingerprint density at radius 1 is 1.26 bits per heavy atom. The summed E-state index contributed by atoms with van der Waals surface area (Å²) in [6.07, 6.45) is 2.62. The third-order valence-corrected chi connectivity index (χ3v) is 3.92. The van der Waals surface area contributed by atoms with E-state index in [9.17, 15) is 14.7 Å². The van der Waals surface area contributed by atoms with Crippen LogP contribution in [0.15, 0.2) is 30.3 Å². The minimum atomic E-state index is -0.926. The molecule has 0 aromatic heterocycles.